The normalized spacial score (nSPS) is 14.2. The molecule has 0 bridgehead atoms. The average molecular weight is 459 g/mol. The first-order valence-electron chi connectivity index (χ1n) is 11.2. The topological polar surface area (TPSA) is 73.0 Å². The molecule has 174 valence electrons. The summed E-state index contributed by atoms with van der Waals surface area (Å²) in [5.74, 6) is -0.994. The van der Waals surface area contributed by atoms with E-state index < -0.39 is 21.7 Å². The van der Waals surface area contributed by atoms with E-state index in [1.165, 1.54) is 19.3 Å². The van der Waals surface area contributed by atoms with Gasteiger partial charge in [-0.1, -0.05) is 12.1 Å². The van der Waals surface area contributed by atoms with Gasteiger partial charge in [0.15, 0.2) is 0 Å². The van der Waals surface area contributed by atoms with Crippen molar-refractivity contribution in [3.8, 4) is 0 Å². The molecule has 3 rings (SSSR count). The van der Waals surface area contributed by atoms with E-state index in [0.717, 1.165) is 30.0 Å². The van der Waals surface area contributed by atoms with Crippen LogP contribution in [0.3, 0.4) is 0 Å². The molecule has 1 N–H and O–H groups in total. The number of hydrogen-bond acceptors (Lipinski definition) is 5. The first kappa shape index (κ1) is 23.9. The molecule has 1 saturated heterocycles. The van der Waals surface area contributed by atoms with Crippen LogP contribution in [0.15, 0.2) is 48.5 Å². The number of piperidine rings is 1. The van der Waals surface area contributed by atoms with Crippen LogP contribution in [0.5, 0.6) is 0 Å². The second kappa shape index (κ2) is 10.7. The number of carbonyl (C=O) groups excluding carboxylic acids is 1. The second-order valence-corrected chi connectivity index (χ2v) is 10.1. The fourth-order valence-electron chi connectivity index (χ4n) is 3.86. The van der Waals surface area contributed by atoms with Crippen molar-refractivity contribution in [1.82, 2.24) is 4.90 Å². The third-order valence-electron chi connectivity index (χ3n) is 5.74. The number of hydrogen-bond donors (Lipinski definition) is 1. The molecule has 2 aromatic rings. The maximum Gasteiger partial charge on any atom is 0.241 e. The molecule has 0 spiro atoms. The van der Waals surface area contributed by atoms with Crippen LogP contribution in [0.25, 0.3) is 0 Å². The summed E-state index contributed by atoms with van der Waals surface area (Å²) in [5, 5.41) is 0. The molecule has 1 fully saturated rings. The summed E-state index contributed by atoms with van der Waals surface area (Å²) in [6.45, 7) is 4.73. The first-order valence-corrected chi connectivity index (χ1v) is 12.8. The Balaban J connectivity index is 1.58. The molecule has 0 unspecified atom stereocenters. The summed E-state index contributed by atoms with van der Waals surface area (Å²) >= 11 is 0. The zero-order valence-corrected chi connectivity index (χ0v) is 20.1. The number of sulfonamides is 1. The molecule has 1 amide bonds. The highest BCUT2D eigenvalue weighted by Crippen LogP contribution is 2.22. The fraction of sp³-hybridized carbons (Fsp3) is 0.458. The van der Waals surface area contributed by atoms with Gasteiger partial charge in [-0.25, -0.2) is 8.42 Å². The van der Waals surface area contributed by atoms with Crippen molar-refractivity contribution in [3.63, 3.8) is 0 Å². The Labute approximate surface area is 192 Å². The minimum atomic E-state index is -3.80. The molecule has 32 heavy (non-hydrogen) atoms. The summed E-state index contributed by atoms with van der Waals surface area (Å²) in [6.07, 6.45) is 3.63. The van der Waals surface area contributed by atoms with Gasteiger partial charge in [-0.05, 0) is 68.1 Å². The van der Waals surface area contributed by atoms with Gasteiger partial charge in [0.2, 0.25) is 15.9 Å². The second-order valence-electron chi connectivity index (χ2n) is 8.42. The van der Waals surface area contributed by atoms with Crippen molar-refractivity contribution < 1.29 is 13.2 Å². The molecule has 1 heterocycles. The van der Waals surface area contributed by atoms with E-state index in [1.807, 2.05) is 62.3 Å². The van der Waals surface area contributed by atoms with Gasteiger partial charge >= 0.3 is 0 Å². The van der Waals surface area contributed by atoms with Gasteiger partial charge in [0, 0.05) is 57.3 Å². The Morgan fingerprint density at radius 2 is 1.59 bits per heavy atom. The van der Waals surface area contributed by atoms with E-state index >= 15 is 0 Å². The Morgan fingerprint density at radius 3 is 2.16 bits per heavy atom. The van der Waals surface area contributed by atoms with Crippen molar-refractivity contribution in [3.05, 3.63) is 54.1 Å². The molecular weight excluding hydrogens is 424 g/mol. The van der Waals surface area contributed by atoms with Crippen LogP contribution in [0.4, 0.5) is 17.1 Å². The van der Waals surface area contributed by atoms with Crippen LogP contribution in [0.2, 0.25) is 0 Å². The van der Waals surface area contributed by atoms with Gasteiger partial charge in [0.25, 0.3) is 0 Å². The van der Waals surface area contributed by atoms with E-state index in [0.29, 0.717) is 18.8 Å². The SMILES string of the molecule is CCN(Cc1ccc(N(C)C)cc1)C(=O)CS(=O)(=O)Nc1ccc(N2CCCCC2)cc1. The Hall–Kier alpha value is -2.74. The van der Waals surface area contributed by atoms with Crippen LogP contribution < -0.4 is 14.5 Å². The number of nitrogens with one attached hydrogen (secondary N) is 1. The minimum Gasteiger partial charge on any atom is -0.378 e. The highest BCUT2D eigenvalue weighted by atomic mass is 32.2. The van der Waals surface area contributed by atoms with Gasteiger partial charge in [0.05, 0.1) is 0 Å². The predicted molar refractivity (Wildman–Crippen MR) is 132 cm³/mol. The molecule has 0 radical (unpaired) electrons. The van der Waals surface area contributed by atoms with Crippen molar-refractivity contribution in [2.75, 3.05) is 54.0 Å². The monoisotopic (exact) mass is 458 g/mol. The maximum atomic E-state index is 12.7. The van der Waals surface area contributed by atoms with Crippen LogP contribution in [-0.2, 0) is 21.4 Å². The highest BCUT2D eigenvalue weighted by Gasteiger charge is 2.21. The third kappa shape index (κ3) is 6.63. The number of amides is 1. The van der Waals surface area contributed by atoms with Crippen LogP contribution in [0, 0.1) is 0 Å². The summed E-state index contributed by atoms with van der Waals surface area (Å²) < 4.78 is 27.8. The van der Waals surface area contributed by atoms with Gasteiger partial charge in [-0.2, -0.15) is 0 Å². The van der Waals surface area contributed by atoms with Crippen LogP contribution >= 0.6 is 0 Å². The molecule has 0 saturated carbocycles. The molecule has 0 atom stereocenters. The molecular formula is C24H34N4O3S. The smallest absolute Gasteiger partial charge is 0.241 e. The predicted octanol–water partition coefficient (Wildman–Crippen LogP) is 3.53. The maximum absolute atomic E-state index is 12.7. The zero-order valence-electron chi connectivity index (χ0n) is 19.3. The molecule has 1 aliphatic rings. The summed E-state index contributed by atoms with van der Waals surface area (Å²) in [4.78, 5) is 18.6. The molecule has 0 aromatic heterocycles. The molecule has 7 nitrogen and oxygen atoms in total. The number of anilines is 3. The molecule has 8 heteroatoms. The molecule has 0 aliphatic carbocycles. The summed E-state index contributed by atoms with van der Waals surface area (Å²) in [7, 11) is 0.138. The lowest BCUT2D eigenvalue weighted by Gasteiger charge is -2.28. The van der Waals surface area contributed by atoms with Crippen molar-refractivity contribution >= 4 is 33.0 Å². The number of carbonyl (C=O) groups is 1. The van der Waals surface area contributed by atoms with Crippen molar-refractivity contribution in [1.29, 1.82) is 0 Å². The van der Waals surface area contributed by atoms with E-state index in [1.54, 1.807) is 17.0 Å². The van der Waals surface area contributed by atoms with Crippen molar-refractivity contribution in [2.24, 2.45) is 0 Å². The quantitative estimate of drug-likeness (QED) is 0.622. The average Bonchev–Trinajstić information content (AvgIpc) is 2.78. The van der Waals surface area contributed by atoms with Crippen LogP contribution in [-0.4, -0.2) is 58.7 Å². The lowest BCUT2D eigenvalue weighted by Crippen LogP contribution is -2.36. The minimum absolute atomic E-state index is 0.378. The van der Waals surface area contributed by atoms with Gasteiger partial charge < -0.3 is 14.7 Å². The summed E-state index contributed by atoms with van der Waals surface area (Å²) in [6, 6.07) is 15.3. The largest absolute Gasteiger partial charge is 0.378 e. The zero-order chi connectivity index (χ0) is 23.1. The third-order valence-corrected chi connectivity index (χ3v) is 6.91. The Bertz CT molecular complexity index is 983. The van der Waals surface area contributed by atoms with E-state index in [-0.39, 0.29) is 0 Å². The molecule has 1 aliphatic heterocycles. The van der Waals surface area contributed by atoms with Crippen LogP contribution in [0.1, 0.15) is 31.7 Å². The fourth-order valence-corrected chi connectivity index (χ4v) is 4.93. The first-order chi connectivity index (χ1) is 15.3. The summed E-state index contributed by atoms with van der Waals surface area (Å²) in [5.41, 5.74) is 3.60. The Morgan fingerprint density at radius 1 is 0.969 bits per heavy atom. The van der Waals surface area contributed by atoms with E-state index in [9.17, 15) is 13.2 Å². The highest BCUT2D eigenvalue weighted by molar-refractivity contribution is 7.93. The van der Waals surface area contributed by atoms with E-state index in [2.05, 4.69) is 9.62 Å². The lowest BCUT2D eigenvalue weighted by atomic mass is 10.1. The number of rotatable bonds is 9. The van der Waals surface area contributed by atoms with E-state index in [4.69, 9.17) is 0 Å². The number of nitrogens with zero attached hydrogens (tertiary/aromatic N) is 3. The number of benzene rings is 2. The standard InChI is InChI=1S/C24H34N4O3S/c1-4-27(18-20-8-12-22(13-9-20)26(2)3)24(29)19-32(30,31)25-21-10-14-23(15-11-21)28-16-6-5-7-17-28/h8-15,25H,4-7,16-19H2,1-3H3. The van der Waals surface area contributed by atoms with Gasteiger partial charge in [-0.3, -0.25) is 9.52 Å². The Kier molecular flexibility index (Phi) is 8.01. The van der Waals surface area contributed by atoms with Gasteiger partial charge in [-0.15, -0.1) is 0 Å². The molecule has 2 aromatic carbocycles. The van der Waals surface area contributed by atoms with Gasteiger partial charge in [0.1, 0.15) is 5.75 Å². The van der Waals surface area contributed by atoms with Crippen molar-refractivity contribution in [2.45, 2.75) is 32.7 Å². The lowest BCUT2D eigenvalue weighted by molar-refractivity contribution is -0.128.